The van der Waals surface area contributed by atoms with E-state index in [4.69, 9.17) is 4.74 Å². The van der Waals surface area contributed by atoms with Gasteiger partial charge in [-0.05, 0) is 43.9 Å². The Morgan fingerprint density at radius 2 is 1.91 bits per heavy atom. The van der Waals surface area contributed by atoms with Crippen molar-refractivity contribution < 1.29 is 28.7 Å². The van der Waals surface area contributed by atoms with Crippen LogP contribution in [-0.2, 0) is 26.1 Å². The van der Waals surface area contributed by atoms with Gasteiger partial charge in [-0.3, -0.25) is 9.59 Å². The molecule has 1 aromatic heterocycles. The number of alkyl carbamates (subject to hydrolysis) is 1. The fraction of sp³-hybridized carbons (Fsp3) is 0.500. The van der Waals surface area contributed by atoms with Crippen LogP contribution in [0.3, 0.4) is 0 Å². The molecule has 2 atom stereocenters. The van der Waals surface area contributed by atoms with Crippen LogP contribution >= 0.6 is 15.9 Å². The number of methoxy groups -OCH3 is 1. The molecule has 0 spiro atoms. The third kappa shape index (κ3) is 4.82. The molecule has 9 nitrogen and oxygen atoms in total. The van der Waals surface area contributed by atoms with Crippen LogP contribution in [0.4, 0.5) is 4.79 Å². The van der Waals surface area contributed by atoms with Gasteiger partial charge in [0.1, 0.15) is 11.6 Å². The van der Waals surface area contributed by atoms with Gasteiger partial charge in [-0.1, -0.05) is 29.8 Å². The molecule has 34 heavy (non-hydrogen) atoms. The average molecular weight is 536 g/mol. The minimum atomic E-state index is -1.23. The van der Waals surface area contributed by atoms with Crippen molar-refractivity contribution >= 4 is 50.6 Å². The highest BCUT2D eigenvalue weighted by Crippen LogP contribution is 2.32. The molecule has 0 saturated carbocycles. The average Bonchev–Trinajstić information content (AvgIpc) is 3.39. The zero-order valence-electron chi connectivity index (χ0n) is 20.0. The van der Waals surface area contributed by atoms with Gasteiger partial charge >= 0.3 is 12.1 Å². The number of nitrogens with one attached hydrogen (secondary N) is 1. The van der Waals surface area contributed by atoms with Crippen molar-refractivity contribution in [2.75, 3.05) is 20.3 Å². The van der Waals surface area contributed by atoms with E-state index in [0.717, 1.165) is 15.4 Å². The van der Waals surface area contributed by atoms with Gasteiger partial charge in [-0.15, -0.1) is 0 Å². The molecule has 1 saturated heterocycles. The smallest absolute Gasteiger partial charge is 0.407 e. The Morgan fingerprint density at radius 1 is 1.21 bits per heavy atom. The molecule has 2 amide bonds. The minimum Gasteiger partial charge on any atom is -0.456 e. The van der Waals surface area contributed by atoms with Crippen LogP contribution in [0.1, 0.15) is 44.0 Å². The summed E-state index contributed by atoms with van der Waals surface area (Å²) in [5.41, 5.74) is -0.0411. The lowest BCUT2D eigenvalue weighted by molar-refractivity contribution is -0.160. The number of fused-ring (bicyclic) bond motifs is 1. The highest BCUT2D eigenvalue weighted by molar-refractivity contribution is 9.10. The van der Waals surface area contributed by atoms with Crippen molar-refractivity contribution in [1.82, 2.24) is 14.8 Å². The summed E-state index contributed by atoms with van der Waals surface area (Å²) in [6.45, 7) is 5.14. The molecule has 1 N–H and O–H groups in total. The lowest BCUT2D eigenvalue weighted by atomic mass is 9.96. The number of hydrogen-bond acceptors (Lipinski definition) is 6. The van der Waals surface area contributed by atoms with Gasteiger partial charge in [0.05, 0.1) is 12.6 Å². The summed E-state index contributed by atoms with van der Waals surface area (Å²) in [5, 5.41) is 3.44. The lowest BCUT2D eigenvalue weighted by Gasteiger charge is -2.36. The summed E-state index contributed by atoms with van der Waals surface area (Å²) in [6.07, 6.45) is 2.14. The first-order valence-electron chi connectivity index (χ1n) is 11.1. The number of ether oxygens (including phenoxy) is 2. The predicted octanol–water partition coefficient (Wildman–Crippen LogP) is 3.43. The number of likely N-dealkylation sites (tertiary alicyclic amines) is 1. The van der Waals surface area contributed by atoms with Crippen LogP contribution in [0.2, 0.25) is 0 Å². The van der Waals surface area contributed by atoms with Crippen LogP contribution < -0.4 is 5.32 Å². The number of nitrogens with zero attached hydrogens (tertiary/aromatic N) is 2. The zero-order chi connectivity index (χ0) is 25.2. The summed E-state index contributed by atoms with van der Waals surface area (Å²) in [7, 11) is 3.06. The van der Waals surface area contributed by atoms with E-state index >= 15 is 0 Å². The topological polar surface area (TPSA) is 107 Å². The molecule has 1 aliphatic rings. The number of aryl methyl sites for hydroxylation is 1. The minimum absolute atomic E-state index is 0.223. The maximum atomic E-state index is 13.3. The Labute approximate surface area is 206 Å². The number of ketones is 1. The third-order valence-corrected chi connectivity index (χ3v) is 7.05. The number of esters is 1. The van der Waals surface area contributed by atoms with Crippen molar-refractivity contribution in [2.24, 2.45) is 13.0 Å². The number of aromatic nitrogens is 1. The Morgan fingerprint density at radius 3 is 2.56 bits per heavy atom. The molecule has 0 unspecified atom stereocenters. The van der Waals surface area contributed by atoms with Gasteiger partial charge in [-0.2, -0.15) is 0 Å². The van der Waals surface area contributed by atoms with Gasteiger partial charge in [0.2, 0.25) is 11.7 Å². The maximum Gasteiger partial charge on any atom is 0.407 e. The molecule has 2 aromatic rings. The van der Waals surface area contributed by atoms with Crippen molar-refractivity contribution in [1.29, 1.82) is 0 Å². The number of halogens is 1. The first-order valence-corrected chi connectivity index (χ1v) is 11.9. The van der Waals surface area contributed by atoms with Crippen LogP contribution in [0.25, 0.3) is 10.9 Å². The summed E-state index contributed by atoms with van der Waals surface area (Å²) in [4.78, 5) is 52.5. The molecular formula is C24H30BrN3O6. The normalized spacial score (nSPS) is 18.7. The van der Waals surface area contributed by atoms with E-state index in [1.54, 1.807) is 32.9 Å². The number of Topliss-reactive ketones (excluding diaryl/α,β-unsaturated/α-hetero) is 1. The first kappa shape index (κ1) is 25.7. The summed E-state index contributed by atoms with van der Waals surface area (Å²) in [6, 6.07) is 4.53. The van der Waals surface area contributed by atoms with E-state index in [-0.39, 0.29) is 17.6 Å². The number of rotatable bonds is 7. The lowest BCUT2D eigenvalue weighted by Crippen LogP contribution is -2.58. The van der Waals surface area contributed by atoms with Gasteiger partial charge in [0.25, 0.3) is 0 Å². The van der Waals surface area contributed by atoms with Gasteiger partial charge in [0.15, 0.2) is 6.61 Å². The predicted molar refractivity (Wildman–Crippen MR) is 129 cm³/mol. The summed E-state index contributed by atoms with van der Waals surface area (Å²) < 4.78 is 12.8. The standard InChI is InChI=1S/C24H30BrN3O6/c1-14(2)19(26-23(32)33-5)21(30)28-11-6-10-24(28,3)22(31)34-13-18(29)16-7-8-17(25)15-9-12-27(4)20(15)16/h7-9,12,14,19H,6,10-11,13H2,1-5H3,(H,26,32)/t19-,24-/m0/s1. The van der Waals surface area contributed by atoms with E-state index in [0.29, 0.717) is 24.9 Å². The Bertz CT molecular complexity index is 1130. The van der Waals surface area contributed by atoms with E-state index in [2.05, 4.69) is 26.0 Å². The Balaban J connectivity index is 1.75. The van der Waals surface area contributed by atoms with E-state index in [1.165, 1.54) is 12.0 Å². The molecule has 1 aliphatic heterocycles. The largest absolute Gasteiger partial charge is 0.456 e. The van der Waals surface area contributed by atoms with Crippen LogP contribution in [0, 0.1) is 5.92 Å². The summed E-state index contributed by atoms with van der Waals surface area (Å²) in [5.74, 6) is -1.59. The molecule has 2 heterocycles. The SMILES string of the molecule is COC(=O)N[C@H](C(=O)N1CCC[C@@]1(C)C(=O)OCC(=O)c1ccc(Br)c2ccn(C)c12)C(C)C. The van der Waals surface area contributed by atoms with Crippen molar-refractivity contribution in [2.45, 2.75) is 45.2 Å². The zero-order valence-corrected chi connectivity index (χ0v) is 21.6. The van der Waals surface area contributed by atoms with Crippen molar-refractivity contribution in [3.63, 3.8) is 0 Å². The van der Waals surface area contributed by atoms with Gasteiger partial charge < -0.3 is 24.3 Å². The van der Waals surface area contributed by atoms with Crippen LogP contribution in [0.5, 0.6) is 0 Å². The Hall–Kier alpha value is -2.88. The highest BCUT2D eigenvalue weighted by Gasteiger charge is 2.49. The van der Waals surface area contributed by atoms with Gasteiger partial charge in [0, 0.05) is 35.2 Å². The van der Waals surface area contributed by atoms with E-state index < -0.39 is 30.3 Å². The maximum absolute atomic E-state index is 13.3. The van der Waals surface area contributed by atoms with Crippen molar-refractivity contribution in [3.05, 3.63) is 34.4 Å². The molecule has 1 aromatic carbocycles. The van der Waals surface area contributed by atoms with E-state index in [9.17, 15) is 19.2 Å². The molecule has 10 heteroatoms. The second kappa shape index (κ2) is 10.2. The van der Waals surface area contributed by atoms with Crippen molar-refractivity contribution in [3.8, 4) is 0 Å². The summed E-state index contributed by atoms with van der Waals surface area (Å²) >= 11 is 3.49. The molecule has 0 bridgehead atoms. The second-order valence-corrected chi connectivity index (χ2v) is 9.86. The first-order chi connectivity index (χ1) is 16.0. The van der Waals surface area contributed by atoms with Gasteiger partial charge in [-0.25, -0.2) is 9.59 Å². The fourth-order valence-electron chi connectivity index (χ4n) is 4.37. The molecule has 3 rings (SSSR count). The second-order valence-electron chi connectivity index (χ2n) is 9.01. The number of carbonyl (C=O) groups excluding carboxylic acids is 4. The Kier molecular flexibility index (Phi) is 7.70. The quantitative estimate of drug-likeness (QED) is 0.430. The monoisotopic (exact) mass is 535 g/mol. The number of carbonyl (C=O) groups is 4. The molecular weight excluding hydrogens is 506 g/mol. The van der Waals surface area contributed by atoms with Crippen LogP contribution in [-0.4, -0.2) is 65.1 Å². The van der Waals surface area contributed by atoms with Crippen LogP contribution in [0.15, 0.2) is 28.9 Å². The molecule has 1 fully saturated rings. The van der Waals surface area contributed by atoms with E-state index in [1.807, 2.05) is 23.9 Å². The number of hydrogen-bond donors (Lipinski definition) is 1. The molecule has 184 valence electrons. The third-order valence-electron chi connectivity index (χ3n) is 6.35. The number of amides is 2. The number of benzene rings is 1. The fourth-order valence-corrected chi connectivity index (χ4v) is 4.82. The molecule has 0 radical (unpaired) electrons. The highest BCUT2D eigenvalue weighted by atomic mass is 79.9. The molecule has 0 aliphatic carbocycles.